The van der Waals surface area contributed by atoms with Crippen molar-refractivity contribution in [3.8, 4) is 0 Å². The summed E-state index contributed by atoms with van der Waals surface area (Å²) in [7, 11) is 0. The van der Waals surface area contributed by atoms with Crippen molar-refractivity contribution in [2.75, 3.05) is 5.32 Å². The van der Waals surface area contributed by atoms with Gasteiger partial charge in [0.05, 0.1) is 0 Å². The van der Waals surface area contributed by atoms with Crippen molar-refractivity contribution in [2.24, 2.45) is 0 Å². The Morgan fingerprint density at radius 1 is 1.23 bits per heavy atom. The first-order valence-corrected chi connectivity index (χ1v) is 5.54. The zero-order chi connectivity index (χ0) is 8.93. The molecule has 0 radical (unpaired) electrons. The molecule has 1 aromatic heterocycles. The molecule has 66 valence electrons. The maximum atomic E-state index is 4.20. The summed E-state index contributed by atoms with van der Waals surface area (Å²) < 4.78 is 8.24. The fourth-order valence-electron chi connectivity index (χ4n) is 1.03. The van der Waals surface area contributed by atoms with Crippen LogP contribution in [0.5, 0.6) is 0 Å². The third-order valence-corrected chi connectivity index (χ3v) is 2.68. The summed E-state index contributed by atoms with van der Waals surface area (Å²) in [6.45, 7) is 0.821. The molecule has 0 saturated heterocycles. The van der Waals surface area contributed by atoms with Crippen LogP contribution in [-0.4, -0.2) is 22.9 Å². The average Bonchev–Trinajstić information content (AvgIpc) is 2.69. The molecule has 2 rings (SSSR count). The molecular weight excluding hydrogens is 229 g/mol. The standard InChI is InChI=1S/C9H9N3Se/c1-2-4-8(5-3-1)6-10-9-7-11-13-12-9/h1-5,7H,6H2,(H,10,12). The van der Waals surface area contributed by atoms with E-state index in [-0.39, 0.29) is 15.0 Å². The van der Waals surface area contributed by atoms with Gasteiger partial charge < -0.3 is 0 Å². The Hall–Kier alpha value is -1.12. The van der Waals surface area contributed by atoms with Gasteiger partial charge in [0.15, 0.2) is 0 Å². The first-order valence-electron chi connectivity index (χ1n) is 4.00. The molecule has 1 heterocycles. The van der Waals surface area contributed by atoms with E-state index in [0.717, 1.165) is 12.4 Å². The van der Waals surface area contributed by atoms with E-state index < -0.39 is 0 Å². The number of anilines is 1. The summed E-state index contributed by atoms with van der Waals surface area (Å²) in [4.78, 5) is 0. The minimum atomic E-state index is 0.0824. The molecule has 13 heavy (non-hydrogen) atoms. The Bertz CT molecular complexity index is 344. The van der Waals surface area contributed by atoms with Crippen LogP contribution < -0.4 is 5.32 Å². The van der Waals surface area contributed by atoms with E-state index in [1.54, 1.807) is 6.20 Å². The van der Waals surface area contributed by atoms with E-state index in [0.29, 0.717) is 0 Å². The molecule has 0 spiro atoms. The summed E-state index contributed by atoms with van der Waals surface area (Å²) in [5.41, 5.74) is 1.26. The molecule has 1 N–H and O–H groups in total. The number of rotatable bonds is 3. The second-order valence-corrected chi connectivity index (χ2v) is 3.80. The van der Waals surface area contributed by atoms with Crippen LogP contribution >= 0.6 is 0 Å². The summed E-state index contributed by atoms with van der Waals surface area (Å²) in [6, 6.07) is 10.3. The number of nitrogens with zero attached hydrogens (tertiary/aromatic N) is 2. The topological polar surface area (TPSA) is 37.8 Å². The van der Waals surface area contributed by atoms with Crippen LogP contribution in [-0.2, 0) is 6.54 Å². The van der Waals surface area contributed by atoms with Crippen LogP contribution in [0.1, 0.15) is 5.56 Å². The fraction of sp³-hybridized carbons (Fsp3) is 0.111. The first-order chi connectivity index (χ1) is 6.45. The van der Waals surface area contributed by atoms with Crippen molar-refractivity contribution in [1.82, 2.24) is 7.96 Å². The third-order valence-electron chi connectivity index (χ3n) is 1.68. The molecule has 4 heteroatoms. The van der Waals surface area contributed by atoms with Gasteiger partial charge in [0.2, 0.25) is 0 Å². The quantitative estimate of drug-likeness (QED) is 0.815. The number of nitrogens with one attached hydrogen (secondary N) is 1. The Labute approximate surface area is 83.0 Å². The number of aromatic nitrogens is 2. The molecule has 0 aliphatic heterocycles. The Balaban J connectivity index is 1.94. The summed E-state index contributed by atoms with van der Waals surface area (Å²) in [5.74, 6) is 0.906. The van der Waals surface area contributed by atoms with E-state index >= 15 is 0 Å². The number of hydrogen-bond acceptors (Lipinski definition) is 3. The fourth-order valence-corrected chi connectivity index (χ4v) is 1.86. The van der Waals surface area contributed by atoms with Crippen LogP contribution in [0.15, 0.2) is 36.5 Å². The van der Waals surface area contributed by atoms with Crippen molar-refractivity contribution in [3.05, 3.63) is 42.1 Å². The van der Waals surface area contributed by atoms with Gasteiger partial charge in [0, 0.05) is 0 Å². The zero-order valence-corrected chi connectivity index (χ0v) is 8.69. The van der Waals surface area contributed by atoms with Crippen molar-refractivity contribution < 1.29 is 0 Å². The van der Waals surface area contributed by atoms with Crippen molar-refractivity contribution in [1.29, 1.82) is 0 Å². The van der Waals surface area contributed by atoms with Crippen molar-refractivity contribution >= 4 is 20.8 Å². The number of hydrogen-bond donors (Lipinski definition) is 1. The van der Waals surface area contributed by atoms with Gasteiger partial charge in [-0.05, 0) is 0 Å². The maximum absolute atomic E-state index is 4.20. The van der Waals surface area contributed by atoms with Gasteiger partial charge in [-0.3, -0.25) is 0 Å². The SMILES string of the molecule is c1ccc(CNc2cn[se]n2)cc1. The van der Waals surface area contributed by atoms with Gasteiger partial charge in [0.1, 0.15) is 0 Å². The van der Waals surface area contributed by atoms with E-state index in [4.69, 9.17) is 0 Å². The second-order valence-electron chi connectivity index (χ2n) is 2.63. The molecule has 0 fully saturated rings. The van der Waals surface area contributed by atoms with E-state index in [9.17, 15) is 0 Å². The number of benzene rings is 1. The summed E-state index contributed by atoms with van der Waals surface area (Å²) in [6.07, 6.45) is 1.79. The van der Waals surface area contributed by atoms with E-state index in [2.05, 4.69) is 25.4 Å². The summed E-state index contributed by atoms with van der Waals surface area (Å²) >= 11 is 0.0824. The molecule has 3 nitrogen and oxygen atoms in total. The van der Waals surface area contributed by atoms with Gasteiger partial charge in [0.25, 0.3) is 0 Å². The molecule has 1 aromatic carbocycles. The molecule has 0 aliphatic carbocycles. The molecule has 0 bridgehead atoms. The van der Waals surface area contributed by atoms with Crippen molar-refractivity contribution in [2.45, 2.75) is 6.54 Å². The Kier molecular flexibility index (Phi) is 2.75. The zero-order valence-electron chi connectivity index (χ0n) is 6.97. The van der Waals surface area contributed by atoms with Crippen LogP contribution in [0.3, 0.4) is 0 Å². The normalized spacial score (nSPS) is 9.85. The van der Waals surface area contributed by atoms with Gasteiger partial charge >= 0.3 is 82.7 Å². The molecule has 0 amide bonds. The van der Waals surface area contributed by atoms with Gasteiger partial charge in [-0.2, -0.15) is 0 Å². The molecule has 0 aliphatic rings. The second kappa shape index (κ2) is 4.21. The molecule has 0 saturated carbocycles. The van der Waals surface area contributed by atoms with Crippen LogP contribution in [0.25, 0.3) is 0 Å². The third kappa shape index (κ3) is 2.41. The van der Waals surface area contributed by atoms with E-state index in [1.807, 2.05) is 18.2 Å². The monoisotopic (exact) mass is 239 g/mol. The predicted molar refractivity (Wildman–Crippen MR) is 52.7 cm³/mol. The van der Waals surface area contributed by atoms with Crippen LogP contribution in [0.4, 0.5) is 5.82 Å². The van der Waals surface area contributed by atoms with Crippen LogP contribution in [0.2, 0.25) is 0 Å². The first kappa shape index (κ1) is 8.48. The van der Waals surface area contributed by atoms with Crippen molar-refractivity contribution in [3.63, 3.8) is 0 Å². The minimum absolute atomic E-state index is 0.0824. The van der Waals surface area contributed by atoms with E-state index in [1.165, 1.54) is 5.56 Å². The molecule has 2 aromatic rings. The molecule has 0 unspecified atom stereocenters. The molecule has 0 atom stereocenters. The Morgan fingerprint density at radius 3 is 2.77 bits per heavy atom. The van der Waals surface area contributed by atoms with Crippen LogP contribution in [0, 0.1) is 0 Å². The summed E-state index contributed by atoms with van der Waals surface area (Å²) in [5, 5.41) is 3.21. The molecular formula is C9H9N3Se. The van der Waals surface area contributed by atoms with Gasteiger partial charge in [-0.1, -0.05) is 0 Å². The predicted octanol–water partition coefficient (Wildman–Crippen LogP) is 1.15. The van der Waals surface area contributed by atoms with Gasteiger partial charge in [-0.25, -0.2) is 0 Å². The Morgan fingerprint density at radius 2 is 2.08 bits per heavy atom. The van der Waals surface area contributed by atoms with Gasteiger partial charge in [-0.15, -0.1) is 0 Å². The average molecular weight is 238 g/mol.